The minimum absolute atomic E-state index is 0.0743. The lowest BCUT2D eigenvalue weighted by atomic mass is 10.2. The van der Waals surface area contributed by atoms with Crippen molar-refractivity contribution < 1.29 is 4.79 Å². The number of aromatic nitrogens is 2. The fourth-order valence-corrected chi connectivity index (χ4v) is 2.24. The number of anilines is 1. The Kier molecular flexibility index (Phi) is 5.47. The van der Waals surface area contributed by atoms with Crippen LogP contribution >= 0.6 is 0 Å². The zero-order chi connectivity index (χ0) is 15.9. The molecule has 0 atom stereocenters. The Morgan fingerprint density at radius 3 is 2.27 bits per heavy atom. The molecule has 0 spiro atoms. The Bertz CT molecular complexity index is 594. The molecule has 0 unspecified atom stereocenters. The second-order valence-electron chi connectivity index (χ2n) is 5.08. The molecule has 0 radical (unpaired) electrons. The Morgan fingerprint density at radius 2 is 1.73 bits per heavy atom. The lowest BCUT2D eigenvalue weighted by molar-refractivity contribution is 0.0766. The van der Waals surface area contributed by atoms with Crippen molar-refractivity contribution in [1.82, 2.24) is 14.9 Å². The topological polar surface area (TPSA) is 49.3 Å². The van der Waals surface area contributed by atoms with E-state index >= 15 is 0 Å². The van der Waals surface area contributed by atoms with Crippen LogP contribution in [0.4, 0.5) is 5.82 Å². The molecule has 1 amide bonds. The second kappa shape index (κ2) is 7.54. The largest absolute Gasteiger partial charge is 0.354 e. The molecule has 0 aliphatic carbocycles. The van der Waals surface area contributed by atoms with Crippen molar-refractivity contribution >= 4 is 11.7 Å². The lowest BCUT2D eigenvalue weighted by Crippen LogP contribution is -2.31. The molecule has 5 heteroatoms. The molecule has 5 nitrogen and oxygen atoms in total. The number of benzene rings is 1. The fourth-order valence-electron chi connectivity index (χ4n) is 2.24. The standard InChI is InChI=1S/C17H22N4O/c1-4-21(5-2)17(22)15-11-19-16(12-18-15)20(3)13-14-9-7-6-8-10-14/h6-12H,4-5,13H2,1-3H3. The first-order chi connectivity index (χ1) is 10.7. The van der Waals surface area contributed by atoms with Crippen LogP contribution in [0.25, 0.3) is 0 Å². The first kappa shape index (κ1) is 15.9. The Labute approximate surface area is 131 Å². The molecule has 1 aromatic carbocycles. The monoisotopic (exact) mass is 298 g/mol. The van der Waals surface area contributed by atoms with Crippen molar-refractivity contribution in [1.29, 1.82) is 0 Å². The van der Waals surface area contributed by atoms with E-state index in [1.165, 1.54) is 5.56 Å². The van der Waals surface area contributed by atoms with E-state index in [2.05, 4.69) is 22.1 Å². The third-order valence-corrected chi connectivity index (χ3v) is 3.56. The summed E-state index contributed by atoms with van der Waals surface area (Å²) in [7, 11) is 1.96. The van der Waals surface area contributed by atoms with Crippen LogP contribution < -0.4 is 4.90 Å². The molecule has 22 heavy (non-hydrogen) atoms. The molecule has 2 aromatic rings. The first-order valence-electron chi connectivity index (χ1n) is 7.52. The SMILES string of the molecule is CCN(CC)C(=O)c1cnc(N(C)Cc2ccccc2)cn1. The highest BCUT2D eigenvalue weighted by atomic mass is 16.2. The van der Waals surface area contributed by atoms with Crippen molar-refractivity contribution in [2.24, 2.45) is 0 Å². The van der Waals surface area contributed by atoms with Gasteiger partial charge in [0.05, 0.1) is 12.4 Å². The first-order valence-corrected chi connectivity index (χ1v) is 7.52. The molecule has 1 aromatic heterocycles. The van der Waals surface area contributed by atoms with Crippen LogP contribution in [-0.2, 0) is 6.54 Å². The Balaban J connectivity index is 2.06. The molecular formula is C17H22N4O. The van der Waals surface area contributed by atoms with Crippen LogP contribution in [0.3, 0.4) is 0 Å². The maximum atomic E-state index is 12.2. The molecule has 0 fully saturated rings. The van der Waals surface area contributed by atoms with E-state index in [1.54, 1.807) is 17.3 Å². The predicted molar refractivity (Wildman–Crippen MR) is 87.8 cm³/mol. The van der Waals surface area contributed by atoms with Gasteiger partial charge in [-0.3, -0.25) is 4.79 Å². The number of carbonyl (C=O) groups excluding carboxylic acids is 1. The summed E-state index contributed by atoms with van der Waals surface area (Å²) >= 11 is 0. The summed E-state index contributed by atoms with van der Waals surface area (Å²) in [6.07, 6.45) is 3.21. The van der Waals surface area contributed by atoms with Gasteiger partial charge in [0.25, 0.3) is 5.91 Å². The van der Waals surface area contributed by atoms with Crippen LogP contribution in [0.1, 0.15) is 29.9 Å². The normalized spacial score (nSPS) is 10.3. The van der Waals surface area contributed by atoms with Crippen LogP contribution in [0, 0.1) is 0 Å². The van der Waals surface area contributed by atoms with Crippen LogP contribution in [-0.4, -0.2) is 40.9 Å². The van der Waals surface area contributed by atoms with Gasteiger partial charge in [0.15, 0.2) is 0 Å². The molecule has 0 aliphatic heterocycles. The van der Waals surface area contributed by atoms with Crippen LogP contribution in [0.5, 0.6) is 0 Å². The van der Waals surface area contributed by atoms with Gasteiger partial charge in [-0.1, -0.05) is 30.3 Å². The molecule has 0 aliphatic rings. The summed E-state index contributed by atoms with van der Waals surface area (Å²) in [6.45, 7) is 6.01. The maximum absolute atomic E-state index is 12.2. The Hall–Kier alpha value is -2.43. The van der Waals surface area contributed by atoms with Crippen molar-refractivity contribution in [2.45, 2.75) is 20.4 Å². The van der Waals surface area contributed by atoms with Gasteiger partial charge in [-0.2, -0.15) is 0 Å². The van der Waals surface area contributed by atoms with E-state index in [0.29, 0.717) is 18.8 Å². The van der Waals surface area contributed by atoms with E-state index in [9.17, 15) is 4.79 Å². The number of nitrogens with zero attached hydrogens (tertiary/aromatic N) is 4. The average molecular weight is 298 g/mol. The average Bonchev–Trinajstić information content (AvgIpc) is 2.57. The molecular weight excluding hydrogens is 276 g/mol. The van der Waals surface area contributed by atoms with Crippen LogP contribution in [0.2, 0.25) is 0 Å². The highest BCUT2D eigenvalue weighted by Gasteiger charge is 2.14. The minimum atomic E-state index is -0.0743. The van der Waals surface area contributed by atoms with Gasteiger partial charge < -0.3 is 9.80 Å². The number of hydrogen-bond donors (Lipinski definition) is 0. The molecule has 0 saturated carbocycles. The quantitative estimate of drug-likeness (QED) is 0.822. The van der Waals surface area contributed by atoms with Gasteiger partial charge >= 0.3 is 0 Å². The van der Waals surface area contributed by atoms with Crippen molar-refractivity contribution in [3.8, 4) is 0 Å². The van der Waals surface area contributed by atoms with Crippen molar-refractivity contribution in [2.75, 3.05) is 25.0 Å². The summed E-state index contributed by atoms with van der Waals surface area (Å²) in [5.41, 5.74) is 1.59. The molecule has 0 saturated heterocycles. The Morgan fingerprint density at radius 1 is 1.05 bits per heavy atom. The molecule has 2 rings (SSSR count). The minimum Gasteiger partial charge on any atom is -0.354 e. The summed E-state index contributed by atoms with van der Waals surface area (Å²) in [5.74, 6) is 0.676. The number of amides is 1. The fraction of sp³-hybridized carbons (Fsp3) is 0.353. The molecule has 1 heterocycles. The van der Waals surface area contributed by atoms with Gasteiger partial charge in [-0.25, -0.2) is 9.97 Å². The van der Waals surface area contributed by atoms with Crippen molar-refractivity contribution in [3.63, 3.8) is 0 Å². The van der Waals surface area contributed by atoms with E-state index < -0.39 is 0 Å². The van der Waals surface area contributed by atoms with E-state index in [1.807, 2.05) is 44.0 Å². The van der Waals surface area contributed by atoms with Gasteiger partial charge in [-0.05, 0) is 19.4 Å². The summed E-state index contributed by atoms with van der Waals surface area (Å²) in [6, 6.07) is 10.2. The smallest absolute Gasteiger partial charge is 0.274 e. The van der Waals surface area contributed by atoms with Crippen molar-refractivity contribution in [3.05, 3.63) is 54.0 Å². The summed E-state index contributed by atoms with van der Waals surface area (Å²) in [4.78, 5) is 24.6. The summed E-state index contributed by atoms with van der Waals surface area (Å²) in [5, 5.41) is 0. The van der Waals surface area contributed by atoms with E-state index in [0.717, 1.165) is 12.4 Å². The zero-order valence-electron chi connectivity index (χ0n) is 13.4. The van der Waals surface area contributed by atoms with Gasteiger partial charge in [0.2, 0.25) is 0 Å². The number of rotatable bonds is 6. The maximum Gasteiger partial charge on any atom is 0.274 e. The third kappa shape index (κ3) is 3.81. The van der Waals surface area contributed by atoms with Gasteiger partial charge in [-0.15, -0.1) is 0 Å². The molecule has 0 N–H and O–H groups in total. The highest BCUT2D eigenvalue weighted by Crippen LogP contribution is 2.12. The number of hydrogen-bond acceptors (Lipinski definition) is 4. The van der Waals surface area contributed by atoms with Gasteiger partial charge in [0.1, 0.15) is 11.5 Å². The van der Waals surface area contributed by atoms with Crippen LogP contribution in [0.15, 0.2) is 42.7 Å². The predicted octanol–water partition coefficient (Wildman–Crippen LogP) is 2.60. The number of carbonyl (C=O) groups is 1. The summed E-state index contributed by atoms with van der Waals surface area (Å²) < 4.78 is 0. The third-order valence-electron chi connectivity index (χ3n) is 3.56. The van der Waals surface area contributed by atoms with E-state index in [4.69, 9.17) is 0 Å². The molecule has 116 valence electrons. The zero-order valence-corrected chi connectivity index (χ0v) is 13.4. The molecule has 0 bridgehead atoms. The van der Waals surface area contributed by atoms with Gasteiger partial charge in [0, 0.05) is 26.7 Å². The second-order valence-corrected chi connectivity index (χ2v) is 5.08. The highest BCUT2D eigenvalue weighted by molar-refractivity contribution is 5.92. The lowest BCUT2D eigenvalue weighted by Gasteiger charge is -2.20. The van der Waals surface area contributed by atoms with E-state index in [-0.39, 0.29) is 5.91 Å².